The molecule has 2 rings (SSSR count). The Hall–Kier alpha value is -1.13. The molecule has 0 aliphatic carbocycles. The fraction of sp³-hybridized carbons (Fsp3) is 0.200. The van der Waals surface area contributed by atoms with Gasteiger partial charge in [-0.3, -0.25) is 4.21 Å². The summed E-state index contributed by atoms with van der Waals surface area (Å²) in [5.41, 5.74) is 8.82. The van der Waals surface area contributed by atoms with Gasteiger partial charge in [-0.1, -0.05) is 47.1 Å². The zero-order chi connectivity index (χ0) is 13.8. The second kappa shape index (κ2) is 6.35. The first-order valence-electron chi connectivity index (χ1n) is 6.11. The zero-order valence-electron chi connectivity index (χ0n) is 10.7. The number of hydrogen-bond donors (Lipinski definition) is 1. The van der Waals surface area contributed by atoms with Crippen molar-refractivity contribution in [3.63, 3.8) is 0 Å². The molecule has 0 fully saturated rings. The van der Waals surface area contributed by atoms with Crippen molar-refractivity contribution >= 4 is 32.4 Å². The molecule has 0 spiro atoms. The van der Waals surface area contributed by atoms with Crippen molar-refractivity contribution in [3.8, 4) is 0 Å². The molecule has 19 heavy (non-hydrogen) atoms. The van der Waals surface area contributed by atoms with Crippen molar-refractivity contribution in [1.29, 1.82) is 0 Å². The molecule has 1 atom stereocenters. The van der Waals surface area contributed by atoms with Gasteiger partial charge in [0.1, 0.15) is 0 Å². The van der Waals surface area contributed by atoms with Crippen molar-refractivity contribution in [2.75, 3.05) is 5.73 Å². The normalized spacial score (nSPS) is 12.3. The molecule has 0 radical (unpaired) electrons. The van der Waals surface area contributed by atoms with Crippen LogP contribution < -0.4 is 5.73 Å². The van der Waals surface area contributed by atoms with Gasteiger partial charge in [0, 0.05) is 10.2 Å². The van der Waals surface area contributed by atoms with Crippen LogP contribution in [0.25, 0.3) is 0 Å². The van der Waals surface area contributed by atoms with Gasteiger partial charge in [0.2, 0.25) is 0 Å². The molecule has 0 aromatic heterocycles. The van der Waals surface area contributed by atoms with E-state index in [1.807, 2.05) is 24.3 Å². The summed E-state index contributed by atoms with van der Waals surface area (Å²) in [5, 5.41) is 0. The lowest BCUT2D eigenvalue weighted by Gasteiger charge is -2.07. The average molecular weight is 338 g/mol. The fourth-order valence-corrected chi connectivity index (χ4v) is 3.40. The Morgan fingerprint density at radius 2 is 1.74 bits per heavy atom. The Morgan fingerprint density at radius 1 is 1.11 bits per heavy atom. The van der Waals surface area contributed by atoms with Gasteiger partial charge in [0.05, 0.1) is 21.4 Å². The Kier molecular flexibility index (Phi) is 4.77. The van der Waals surface area contributed by atoms with Gasteiger partial charge in [-0.15, -0.1) is 0 Å². The fourth-order valence-electron chi connectivity index (χ4n) is 1.83. The van der Waals surface area contributed by atoms with Crippen LogP contribution in [0.5, 0.6) is 0 Å². The summed E-state index contributed by atoms with van der Waals surface area (Å²) in [6.07, 6.45) is 1.02. The number of hydrogen-bond acceptors (Lipinski definition) is 2. The minimum absolute atomic E-state index is 0.496. The summed E-state index contributed by atoms with van der Waals surface area (Å²) < 4.78 is 13.2. The van der Waals surface area contributed by atoms with Crippen molar-refractivity contribution in [3.05, 3.63) is 58.1 Å². The van der Waals surface area contributed by atoms with Gasteiger partial charge in [0.15, 0.2) is 0 Å². The first-order valence-corrected chi connectivity index (χ1v) is 8.22. The van der Waals surface area contributed by atoms with Gasteiger partial charge in [-0.2, -0.15) is 0 Å². The molecule has 2 aromatic carbocycles. The van der Waals surface area contributed by atoms with E-state index in [0.717, 1.165) is 16.5 Å². The first kappa shape index (κ1) is 14.3. The summed E-state index contributed by atoms with van der Waals surface area (Å²) in [7, 11) is -1.11. The summed E-state index contributed by atoms with van der Waals surface area (Å²) in [5.74, 6) is 0.496. The number of anilines is 1. The summed E-state index contributed by atoms with van der Waals surface area (Å²) in [6, 6.07) is 13.7. The summed E-state index contributed by atoms with van der Waals surface area (Å²) in [6.45, 7) is 2.12. The van der Waals surface area contributed by atoms with Crippen molar-refractivity contribution < 1.29 is 4.21 Å². The largest absolute Gasteiger partial charge is 0.398 e. The molecule has 0 aliphatic rings. The van der Waals surface area contributed by atoms with Crippen LogP contribution in [0.15, 0.2) is 51.8 Å². The number of benzene rings is 2. The smallest absolute Gasteiger partial charge is 0.0621 e. The topological polar surface area (TPSA) is 43.1 Å². The SMILES string of the molecule is CCc1ccc(CS(=O)c2ccc(Br)cc2N)cc1. The van der Waals surface area contributed by atoms with Gasteiger partial charge in [0.25, 0.3) is 0 Å². The standard InChI is InChI=1S/C15H16BrNOS/c1-2-11-3-5-12(6-4-11)10-19(18)15-8-7-13(16)9-14(15)17/h3-9H,2,10,17H2,1H3. The van der Waals surface area contributed by atoms with E-state index in [1.54, 1.807) is 6.07 Å². The number of aryl methyl sites for hydroxylation is 1. The van der Waals surface area contributed by atoms with E-state index in [9.17, 15) is 4.21 Å². The van der Waals surface area contributed by atoms with Crippen LogP contribution in [0.3, 0.4) is 0 Å². The third kappa shape index (κ3) is 3.67. The lowest BCUT2D eigenvalue weighted by Crippen LogP contribution is -2.01. The van der Waals surface area contributed by atoms with Crippen LogP contribution in [0.2, 0.25) is 0 Å². The van der Waals surface area contributed by atoms with Crippen molar-refractivity contribution in [2.24, 2.45) is 0 Å². The maximum Gasteiger partial charge on any atom is 0.0621 e. The van der Waals surface area contributed by atoms with E-state index in [4.69, 9.17) is 5.73 Å². The molecule has 100 valence electrons. The molecule has 0 aliphatic heterocycles. The second-order valence-electron chi connectivity index (χ2n) is 4.34. The Bertz CT molecular complexity index is 596. The van der Waals surface area contributed by atoms with Crippen LogP contribution in [-0.4, -0.2) is 4.21 Å². The molecule has 0 heterocycles. The third-order valence-corrected chi connectivity index (χ3v) is 4.90. The Morgan fingerprint density at radius 3 is 2.32 bits per heavy atom. The van der Waals surface area contributed by atoms with Gasteiger partial charge in [-0.05, 0) is 35.7 Å². The predicted molar refractivity (Wildman–Crippen MR) is 84.5 cm³/mol. The van der Waals surface area contributed by atoms with Crippen molar-refractivity contribution in [1.82, 2.24) is 0 Å². The van der Waals surface area contributed by atoms with Gasteiger partial charge >= 0.3 is 0 Å². The van der Waals surface area contributed by atoms with Crippen LogP contribution in [0, 0.1) is 0 Å². The predicted octanol–water partition coefficient (Wildman–Crippen LogP) is 3.90. The third-order valence-electron chi connectivity index (χ3n) is 2.95. The lowest BCUT2D eigenvalue weighted by atomic mass is 10.1. The molecule has 1 unspecified atom stereocenters. The van der Waals surface area contributed by atoms with E-state index < -0.39 is 10.8 Å². The quantitative estimate of drug-likeness (QED) is 0.859. The van der Waals surface area contributed by atoms with Crippen LogP contribution in [0.4, 0.5) is 5.69 Å². The highest BCUT2D eigenvalue weighted by atomic mass is 79.9. The van der Waals surface area contributed by atoms with Crippen molar-refractivity contribution in [2.45, 2.75) is 24.0 Å². The van der Waals surface area contributed by atoms with E-state index >= 15 is 0 Å². The molecule has 0 saturated heterocycles. The molecular formula is C15H16BrNOS. The number of nitrogen functional groups attached to an aromatic ring is 1. The van der Waals surface area contributed by atoms with E-state index in [1.165, 1.54) is 5.56 Å². The maximum absolute atomic E-state index is 12.3. The van der Waals surface area contributed by atoms with Crippen LogP contribution in [0.1, 0.15) is 18.1 Å². The number of rotatable bonds is 4. The molecule has 2 aromatic rings. The first-order chi connectivity index (χ1) is 9.10. The van der Waals surface area contributed by atoms with E-state index in [0.29, 0.717) is 16.3 Å². The maximum atomic E-state index is 12.3. The zero-order valence-corrected chi connectivity index (χ0v) is 13.1. The molecule has 2 nitrogen and oxygen atoms in total. The monoisotopic (exact) mass is 337 g/mol. The Labute approximate surface area is 124 Å². The van der Waals surface area contributed by atoms with Crippen LogP contribution >= 0.6 is 15.9 Å². The molecule has 2 N–H and O–H groups in total. The summed E-state index contributed by atoms with van der Waals surface area (Å²) >= 11 is 3.35. The molecule has 0 bridgehead atoms. The minimum Gasteiger partial charge on any atom is -0.398 e. The molecule has 4 heteroatoms. The minimum atomic E-state index is -1.11. The molecule has 0 saturated carbocycles. The average Bonchev–Trinajstić information content (AvgIpc) is 2.39. The molecular weight excluding hydrogens is 322 g/mol. The lowest BCUT2D eigenvalue weighted by molar-refractivity contribution is 0.683. The Balaban J connectivity index is 2.15. The van der Waals surface area contributed by atoms with Gasteiger partial charge < -0.3 is 5.73 Å². The van der Waals surface area contributed by atoms with E-state index in [2.05, 4.69) is 35.0 Å². The van der Waals surface area contributed by atoms with E-state index in [-0.39, 0.29) is 0 Å². The highest BCUT2D eigenvalue weighted by Gasteiger charge is 2.09. The van der Waals surface area contributed by atoms with Gasteiger partial charge in [-0.25, -0.2) is 0 Å². The van der Waals surface area contributed by atoms with Crippen LogP contribution in [-0.2, 0) is 23.0 Å². The summed E-state index contributed by atoms with van der Waals surface area (Å²) in [4.78, 5) is 0.697. The number of nitrogens with two attached hydrogens (primary N) is 1. The number of halogens is 1. The highest BCUT2D eigenvalue weighted by molar-refractivity contribution is 9.10. The highest BCUT2D eigenvalue weighted by Crippen LogP contribution is 2.23. The second-order valence-corrected chi connectivity index (χ2v) is 6.68. The molecule has 0 amide bonds.